The molecule has 1 radical (unpaired) electrons. The first kappa shape index (κ1) is 9.75. The van der Waals surface area contributed by atoms with Crippen molar-refractivity contribution in [2.45, 2.75) is 0 Å². The smallest absolute Gasteiger partial charge is 0.0490 e. The van der Waals surface area contributed by atoms with E-state index in [0.29, 0.717) is 0 Å². The van der Waals surface area contributed by atoms with Crippen LogP contribution in [0, 0.1) is 6.07 Å². The Kier molecular flexibility index (Phi) is 2.90. The highest BCUT2D eigenvalue weighted by molar-refractivity contribution is 9.10. The third-order valence-electron chi connectivity index (χ3n) is 1.97. The Morgan fingerprint density at radius 2 is 1.79 bits per heavy atom. The highest BCUT2D eigenvalue weighted by atomic mass is 79.9. The summed E-state index contributed by atoms with van der Waals surface area (Å²) in [5, 5.41) is 0.731. The van der Waals surface area contributed by atoms with Crippen molar-refractivity contribution >= 4 is 27.5 Å². The molecular formula is C12H7BrCl. The Hall–Kier alpha value is -0.790. The number of hydrogen-bond donors (Lipinski definition) is 0. The van der Waals surface area contributed by atoms with E-state index in [0.717, 1.165) is 20.6 Å². The lowest BCUT2D eigenvalue weighted by Gasteiger charge is -2.03. The van der Waals surface area contributed by atoms with Gasteiger partial charge in [-0.1, -0.05) is 51.8 Å². The van der Waals surface area contributed by atoms with E-state index < -0.39 is 0 Å². The third kappa shape index (κ3) is 1.99. The summed E-state index contributed by atoms with van der Waals surface area (Å²) in [6.07, 6.45) is 0. The van der Waals surface area contributed by atoms with Gasteiger partial charge in [-0.3, -0.25) is 0 Å². The molecule has 0 aliphatic heterocycles. The van der Waals surface area contributed by atoms with Gasteiger partial charge >= 0.3 is 0 Å². The molecule has 0 unspecified atom stereocenters. The van der Waals surface area contributed by atoms with E-state index in [4.69, 9.17) is 11.6 Å². The number of rotatable bonds is 1. The zero-order chi connectivity index (χ0) is 9.97. The molecule has 69 valence electrons. The molecule has 0 N–H and O–H groups in total. The molecule has 0 atom stereocenters. The minimum atomic E-state index is 0.731. The maximum atomic E-state index is 6.06. The Bertz CT molecular complexity index is 434. The molecule has 0 saturated carbocycles. The van der Waals surface area contributed by atoms with Gasteiger partial charge in [0.1, 0.15) is 0 Å². The quantitative estimate of drug-likeness (QED) is 0.709. The lowest BCUT2D eigenvalue weighted by atomic mass is 10.1. The average molecular weight is 267 g/mol. The minimum absolute atomic E-state index is 0.731. The van der Waals surface area contributed by atoms with E-state index in [-0.39, 0.29) is 0 Å². The van der Waals surface area contributed by atoms with Crippen molar-refractivity contribution in [3.8, 4) is 11.1 Å². The molecule has 0 amide bonds. The van der Waals surface area contributed by atoms with E-state index in [2.05, 4.69) is 22.0 Å². The van der Waals surface area contributed by atoms with Gasteiger partial charge in [0.2, 0.25) is 0 Å². The molecule has 0 spiro atoms. The maximum absolute atomic E-state index is 6.06. The van der Waals surface area contributed by atoms with Gasteiger partial charge in [-0.05, 0) is 29.8 Å². The number of hydrogen-bond acceptors (Lipinski definition) is 0. The van der Waals surface area contributed by atoms with Gasteiger partial charge in [-0.2, -0.15) is 0 Å². The van der Waals surface area contributed by atoms with Crippen LogP contribution in [-0.2, 0) is 0 Å². The third-order valence-corrected chi connectivity index (χ3v) is 2.81. The summed E-state index contributed by atoms with van der Waals surface area (Å²) >= 11 is 9.45. The van der Waals surface area contributed by atoms with Crippen molar-refractivity contribution in [3.05, 3.63) is 58.0 Å². The molecule has 2 aromatic carbocycles. The second kappa shape index (κ2) is 4.16. The molecule has 0 heterocycles. The normalized spacial score (nSPS) is 10.1. The van der Waals surface area contributed by atoms with Crippen LogP contribution in [0.25, 0.3) is 11.1 Å². The first-order chi connectivity index (χ1) is 6.77. The standard InChI is InChI=1S/C12H7BrCl/c13-10-7-5-9(6-8-10)11-3-1-2-4-12(11)14/h1,3-8H. The van der Waals surface area contributed by atoms with Crippen molar-refractivity contribution in [2.75, 3.05) is 0 Å². The Balaban J connectivity index is 2.50. The predicted molar refractivity (Wildman–Crippen MR) is 63.4 cm³/mol. The zero-order valence-electron chi connectivity index (χ0n) is 7.30. The molecule has 0 aromatic heterocycles. The van der Waals surface area contributed by atoms with Crippen LogP contribution in [0.4, 0.5) is 0 Å². The monoisotopic (exact) mass is 265 g/mol. The molecule has 2 rings (SSSR count). The van der Waals surface area contributed by atoms with E-state index >= 15 is 0 Å². The Labute approximate surface area is 96.7 Å². The van der Waals surface area contributed by atoms with Gasteiger partial charge in [0, 0.05) is 15.1 Å². The van der Waals surface area contributed by atoms with Crippen LogP contribution in [0.1, 0.15) is 0 Å². The van der Waals surface area contributed by atoms with Crippen LogP contribution < -0.4 is 0 Å². The largest absolute Gasteiger partial charge is 0.0836 e. The van der Waals surface area contributed by atoms with Gasteiger partial charge in [-0.15, -0.1) is 0 Å². The van der Waals surface area contributed by atoms with Crippen molar-refractivity contribution < 1.29 is 0 Å². The average Bonchev–Trinajstić information content (AvgIpc) is 2.20. The molecule has 0 aliphatic rings. The molecule has 2 heteroatoms. The summed E-state index contributed by atoms with van der Waals surface area (Å²) in [5.74, 6) is 0. The molecular weight excluding hydrogens is 259 g/mol. The molecule has 0 saturated heterocycles. The maximum Gasteiger partial charge on any atom is 0.0490 e. The zero-order valence-corrected chi connectivity index (χ0v) is 9.64. The van der Waals surface area contributed by atoms with Gasteiger partial charge in [0.15, 0.2) is 0 Å². The van der Waals surface area contributed by atoms with Crippen LogP contribution in [-0.4, -0.2) is 0 Å². The molecule has 14 heavy (non-hydrogen) atoms. The summed E-state index contributed by atoms with van der Waals surface area (Å²) < 4.78 is 1.07. The van der Waals surface area contributed by atoms with Gasteiger partial charge in [-0.25, -0.2) is 0 Å². The van der Waals surface area contributed by atoms with Crippen LogP contribution >= 0.6 is 27.5 Å². The van der Waals surface area contributed by atoms with E-state index in [1.165, 1.54) is 0 Å². The molecule has 2 aromatic rings. The summed E-state index contributed by atoms with van der Waals surface area (Å²) in [6, 6.07) is 16.6. The lowest BCUT2D eigenvalue weighted by molar-refractivity contribution is 1.59. The highest BCUT2D eigenvalue weighted by Gasteiger charge is 2.01. The molecule has 0 nitrogen and oxygen atoms in total. The predicted octanol–water partition coefficient (Wildman–Crippen LogP) is 4.57. The minimum Gasteiger partial charge on any atom is -0.0836 e. The van der Waals surface area contributed by atoms with Gasteiger partial charge < -0.3 is 0 Å². The lowest BCUT2D eigenvalue weighted by Crippen LogP contribution is -1.78. The second-order valence-electron chi connectivity index (χ2n) is 2.91. The van der Waals surface area contributed by atoms with Crippen molar-refractivity contribution in [2.24, 2.45) is 0 Å². The molecule has 0 aliphatic carbocycles. The van der Waals surface area contributed by atoms with E-state index in [9.17, 15) is 0 Å². The van der Waals surface area contributed by atoms with Crippen molar-refractivity contribution in [3.63, 3.8) is 0 Å². The first-order valence-corrected chi connectivity index (χ1v) is 5.36. The van der Waals surface area contributed by atoms with E-state index in [1.807, 2.05) is 36.4 Å². The van der Waals surface area contributed by atoms with Crippen LogP contribution in [0.2, 0.25) is 5.02 Å². The fourth-order valence-electron chi connectivity index (χ4n) is 1.27. The number of halogens is 2. The molecule has 0 bridgehead atoms. The Morgan fingerprint density at radius 3 is 2.43 bits per heavy atom. The fourth-order valence-corrected chi connectivity index (χ4v) is 1.77. The SMILES string of the molecule is Clc1c[c]ccc1-c1ccc(Br)cc1. The van der Waals surface area contributed by atoms with Crippen LogP contribution in [0.5, 0.6) is 0 Å². The van der Waals surface area contributed by atoms with E-state index in [1.54, 1.807) is 6.07 Å². The summed E-state index contributed by atoms with van der Waals surface area (Å²) in [7, 11) is 0. The van der Waals surface area contributed by atoms with Gasteiger partial charge in [0.25, 0.3) is 0 Å². The summed E-state index contributed by atoms with van der Waals surface area (Å²) in [5.41, 5.74) is 2.16. The topological polar surface area (TPSA) is 0 Å². The Morgan fingerprint density at radius 1 is 1.07 bits per heavy atom. The van der Waals surface area contributed by atoms with Crippen LogP contribution in [0.15, 0.2) is 46.9 Å². The molecule has 0 fully saturated rings. The summed E-state index contributed by atoms with van der Waals surface area (Å²) in [6.45, 7) is 0. The highest BCUT2D eigenvalue weighted by Crippen LogP contribution is 2.27. The van der Waals surface area contributed by atoms with Crippen molar-refractivity contribution in [1.82, 2.24) is 0 Å². The second-order valence-corrected chi connectivity index (χ2v) is 4.24. The first-order valence-electron chi connectivity index (χ1n) is 4.19. The van der Waals surface area contributed by atoms with Crippen molar-refractivity contribution in [1.29, 1.82) is 0 Å². The summed E-state index contributed by atoms with van der Waals surface area (Å²) in [4.78, 5) is 0. The van der Waals surface area contributed by atoms with Crippen LogP contribution in [0.3, 0.4) is 0 Å². The fraction of sp³-hybridized carbons (Fsp3) is 0. The van der Waals surface area contributed by atoms with Gasteiger partial charge in [0.05, 0.1) is 0 Å². The number of benzene rings is 2.